The Morgan fingerprint density at radius 3 is 2.93 bits per heavy atom. The van der Waals surface area contributed by atoms with Crippen molar-refractivity contribution in [1.82, 2.24) is 0 Å². The van der Waals surface area contributed by atoms with Gasteiger partial charge in [0.2, 0.25) is 0 Å². The molecule has 0 unspecified atom stereocenters. The van der Waals surface area contributed by atoms with E-state index in [0.717, 1.165) is 18.6 Å². The van der Waals surface area contributed by atoms with Crippen molar-refractivity contribution in [2.24, 2.45) is 5.73 Å². The lowest BCUT2D eigenvalue weighted by atomic mass is 10.2. The Morgan fingerprint density at radius 2 is 2.27 bits per heavy atom. The number of rotatable bonds is 6. The van der Waals surface area contributed by atoms with Gasteiger partial charge >= 0.3 is 0 Å². The molecule has 3 heteroatoms. The Bertz CT molecular complexity index is 323. The number of nitrogens with one attached hydrogen (secondary N) is 1. The van der Waals surface area contributed by atoms with Gasteiger partial charge in [0.1, 0.15) is 5.75 Å². The molecule has 0 atom stereocenters. The number of amidine groups is 1. The van der Waals surface area contributed by atoms with Gasteiger partial charge in [0.25, 0.3) is 0 Å². The van der Waals surface area contributed by atoms with Crippen LogP contribution in [0.25, 0.3) is 0 Å². The Morgan fingerprint density at radius 1 is 1.47 bits per heavy atom. The quantitative estimate of drug-likeness (QED) is 0.426. The molecule has 0 aliphatic rings. The average molecular weight is 206 g/mol. The number of benzene rings is 1. The highest BCUT2D eigenvalue weighted by Gasteiger charge is 1.96. The third kappa shape index (κ3) is 4.49. The standard InChI is InChI=1S/C12H18N2O/c1-2-10-5-3-6-11(9-10)15-8-4-7-12(13)14/h3,5-6,9H,2,4,7-8H2,1H3,(H3,13,14). The van der Waals surface area contributed by atoms with Crippen molar-refractivity contribution in [2.45, 2.75) is 26.2 Å². The number of ether oxygens (including phenoxy) is 1. The molecule has 82 valence electrons. The topological polar surface area (TPSA) is 59.1 Å². The molecule has 0 spiro atoms. The lowest BCUT2D eigenvalue weighted by Gasteiger charge is -2.06. The summed E-state index contributed by atoms with van der Waals surface area (Å²) < 4.78 is 5.55. The summed E-state index contributed by atoms with van der Waals surface area (Å²) in [7, 11) is 0. The largest absolute Gasteiger partial charge is 0.494 e. The van der Waals surface area contributed by atoms with Gasteiger partial charge in [-0.25, -0.2) is 0 Å². The van der Waals surface area contributed by atoms with Crippen LogP contribution in [0.3, 0.4) is 0 Å². The SMILES string of the molecule is CCc1cccc(OCCCC(=N)N)c1. The van der Waals surface area contributed by atoms with Crippen LogP contribution in [0.15, 0.2) is 24.3 Å². The summed E-state index contributed by atoms with van der Waals surface area (Å²) >= 11 is 0. The Hall–Kier alpha value is -1.51. The molecule has 0 fully saturated rings. The first-order valence-corrected chi connectivity index (χ1v) is 5.27. The van der Waals surface area contributed by atoms with Crippen molar-refractivity contribution in [3.63, 3.8) is 0 Å². The van der Waals surface area contributed by atoms with Crippen LogP contribution in [0.5, 0.6) is 5.75 Å². The van der Waals surface area contributed by atoms with Gasteiger partial charge in [-0.2, -0.15) is 0 Å². The molecule has 15 heavy (non-hydrogen) atoms. The zero-order valence-corrected chi connectivity index (χ0v) is 9.12. The van der Waals surface area contributed by atoms with Crippen LogP contribution in [0.2, 0.25) is 0 Å². The van der Waals surface area contributed by atoms with Crippen molar-refractivity contribution >= 4 is 5.84 Å². The molecular weight excluding hydrogens is 188 g/mol. The predicted octanol–water partition coefficient (Wildman–Crippen LogP) is 2.34. The average Bonchev–Trinajstić information content (AvgIpc) is 2.24. The van der Waals surface area contributed by atoms with E-state index in [2.05, 4.69) is 13.0 Å². The number of hydrogen-bond acceptors (Lipinski definition) is 2. The maximum absolute atomic E-state index is 7.06. The van der Waals surface area contributed by atoms with Crippen LogP contribution in [0, 0.1) is 5.41 Å². The molecule has 1 rings (SSSR count). The van der Waals surface area contributed by atoms with E-state index in [9.17, 15) is 0 Å². The van der Waals surface area contributed by atoms with Gasteiger partial charge in [-0.3, -0.25) is 5.41 Å². The summed E-state index contributed by atoms with van der Waals surface area (Å²) in [6, 6.07) is 8.09. The predicted molar refractivity (Wildman–Crippen MR) is 62.5 cm³/mol. The van der Waals surface area contributed by atoms with Gasteiger partial charge in [-0.1, -0.05) is 19.1 Å². The third-order valence-electron chi connectivity index (χ3n) is 2.17. The highest BCUT2D eigenvalue weighted by molar-refractivity contribution is 5.76. The second-order valence-corrected chi connectivity index (χ2v) is 3.48. The van der Waals surface area contributed by atoms with Gasteiger partial charge in [0, 0.05) is 6.42 Å². The fraction of sp³-hybridized carbons (Fsp3) is 0.417. The number of aryl methyl sites for hydroxylation is 1. The van der Waals surface area contributed by atoms with E-state index in [0.29, 0.717) is 13.0 Å². The molecule has 0 aliphatic heterocycles. The zero-order chi connectivity index (χ0) is 11.1. The maximum atomic E-state index is 7.06. The minimum absolute atomic E-state index is 0.223. The second kappa shape index (κ2) is 6.06. The van der Waals surface area contributed by atoms with E-state index < -0.39 is 0 Å². The summed E-state index contributed by atoms with van der Waals surface area (Å²) in [5.41, 5.74) is 6.52. The van der Waals surface area contributed by atoms with Crippen molar-refractivity contribution < 1.29 is 4.74 Å². The normalized spacial score (nSPS) is 9.93. The molecule has 0 saturated carbocycles. The van der Waals surface area contributed by atoms with Crippen LogP contribution >= 0.6 is 0 Å². The zero-order valence-electron chi connectivity index (χ0n) is 9.12. The first-order chi connectivity index (χ1) is 7.22. The molecule has 1 aromatic rings. The van der Waals surface area contributed by atoms with Crippen molar-refractivity contribution in [3.05, 3.63) is 29.8 Å². The van der Waals surface area contributed by atoms with Crippen molar-refractivity contribution in [3.8, 4) is 5.75 Å². The first kappa shape index (κ1) is 11.6. The van der Waals surface area contributed by atoms with E-state index in [4.69, 9.17) is 15.9 Å². The molecule has 0 saturated heterocycles. The third-order valence-corrected chi connectivity index (χ3v) is 2.17. The molecule has 0 heterocycles. The maximum Gasteiger partial charge on any atom is 0.119 e. The highest BCUT2D eigenvalue weighted by atomic mass is 16.5. The molecule has 0 bridgehead atoms. The van der Waals surface area contributed by atoms with Crippen molar-refractivity contribution in [2.75, 3.05) is 6.61 Å². The van der Waals surface area contributed by atoms with Gasteiger partial charge < -0.3 is 10.5 Å². The second-order valence-electron chi connectivity index (χ2n) is 3.48. The minimum Gasteiger partial charge on any atom is -0.494 e. The first-order valence-electron chi connectivity index (χ1n) is 5.27. The lowest BCUT2D eigenvalue weighted by Crippen LogP contribution is -2.10. The molecule has 3 nitrogen and oxygen atoms in total. The highest BCUT2D eigenvalue weighted by Crippen LogP contribution is 2.13. The summed E-state index contributed by atoms with van der Waals surface area (Å²) in [6.07, 6.45) is 2.42. The smallest absolute Gasteiger partial charge is 0.119 e. The van der Waals surface area contributed by atoms with E-state index in [1.807, 2.05) is 18.2 Å². The minimum atomic E-state index is 0.223. The van der Waals surface area contributed by atoms with E-state index in [-0.39, 0.29) is 5.84 Å². The molecule has 0 aromatic heterocycles. The van der Waals surface area contributed by atoms with Crippen LogP contribution in [0.4, 0.5) is 0 Å². The van der Waals surface area contributed by atoms with Crippen LogP contribution < -0.4 is 10.5 Å². The van der Waals surface area contributed by atoms with Gasteiger partial charge in [-0.05, 0) is 30.5 Å². The summed E-state index contributed by atoms with van der Waals surface area (Å²) in [5, 5.41) is 7.06. The van der Waals surface area contributed by atoms with Gasteiger partial charge in [0.05, 0.1) is 12.4 Å². The van der Waals surface area contributed by atoms with E-state index in [1.165, 1.54) is 5.56 Å². The fourth-order valence-electron chi connectivity index (χ4n) is 1.31. The molecule has 3 N–H and O–H groups in total. The van der Waals surface area contributed by atoms with Crippen molar-refractivity contribution in [1.29, 1.82) is 5.41 Å². The van der Waals surface area contributed by atoms with Gasteiger partial charge in [-0.15, -0.1) is 0 Å². The summed E-state index contributed by atoms with van der Waals surface area (Å²) in [6.45, 7) is 2.74. The van der Waals surface area contributed by atoms with Crippen LogP contribution in [-0.4, -0.2) is 12.4 Å². The summed E-state index contributed by atoms with van der Waals surface area (Å²) in [5.74, 6) is 1.12. The molecule has 0 radical (unpaired) electrons. The monoisotopic (exact) mass is 206 g/mol. The van der Waals surface area contributed by atoms with Crippen LogP contribution in [0.1, 0.15) is 25.3 Å². The lowest BCUT2D eigenvalue weighted by molar-refractivity contribution is 0.313. The Kier molecular flexibility index (Phi) is 4.68. The Labute approximate surface area is 90.8 Å². The van der Waals surface area contributed by atoms with Gasteiger partial charge in [0.15, 0.2) is 0 Å². The number of hydrogen-bond donors (Lipinski definition) is 2. The van der Waals surface area contributed by atoms with E-state index in [1.54, 1.807) is 0 Å². The Balaban J connectivity index is 2.33. The molecular formula is C12H18N2O. The molecule has 0 aliphatic carbocycles. The molecule has 0 amide bonds. The molecule has 1 aromatic carbocycles. The fourth-order valence-corrected chi connectivity index (χ4v) is 1.31. The number of nitrogens with two attached hydrogens (primary N) is 1. The van der Waals surface area contributed by atoms with Crippen LogP contribution in [-0.2, 0) is 6.42 Å². The summed E-state index contributed by atoms with van der Waals surface area (Å²) in [4.78, 5) is 0. The van der Waals surface area contributed by atoms with E-state index >= 15 is 0 Å².